The molecule has 0 aliphatic heterocycles. The number of thiophene rings is 1. The normalized spacial score (nSPS) is 13.5. The fourth-order valence-electron chi connectivity index (χ4n) is 1.73. The van der Waals surface area contributed by atoms with Gasteiger partial charge >= 0.3 is 29.6 Å². The average Bonchev–Trinajstić information content (AvgIpc) is 2.70. The summed E-state index contributed by atoms with van der Waals surface area (Å²) in [5.74, 6) is -2.31. The summed E-state index contributed by atoms with van der Waals surface area (Å²) in [6, 6.07) is 9.59. The van der Waals surface area contributed by atoms with Gasteiger partial charge in [0.2, 0.25) is 5.91 Å². The Morgan fingerprint density at radius 1 is 1.37 bits per heavy atom. The predicted octanol–water partition coefficient (Wildman–Crippen LogP) is -2.31. The van der Waals surface area contributed by atoms with E-state index in [2.05, 4.69) is 0 Å². The Morgan fingerprint density at radius 3 is 2.53 bits per heavy atom. The van der Waals surface area contributed by atoms with E-state index in [0.29, 0.717) is 0 Å². The molecule has 1 unspecified atom stereocenters. The summed E-state index contributed by atoms with van der Waals surface area (Å²) in [5.41, 5.74) is 3.49. The molecule has 1 atom stereocenters. The molecule has 0 aliphatic rings. The van der Waals surface area contributed by atoms with Gasteiger partial charge in [0.25, 0.3) is 0 Å². The summed E-state index contributed by atoms with van der Waals surface area (Å²) in [5, 5.41) is 12.1. The Labute approximate surface area is 136 Å². The number of hydrogen-bond donors (Lipinski definition) is 1. The zero-order chi connectivity index (χ0) is 13.3. The molecule has 0 bridgehead atoms. The number of carbonyl (C=O) groups is 2. The first-order valence-electron chi connectivity index (χ1n) is 5.42. The van der Waals surface area contributed by atoms with Crippen LogP contribution in [0.3, 0.4) is 0 Å². The van der Waals surface area contributed by atoms with Gasteiger partial charge in [-0.1, -0.05) is 18.2 Å². The van der Waals surface area contributed by atoms with Gasteiger partial charge in [-0.05, 0) is 24.4 Å². The predicted molar refractivity (Wildman–Crippen MR) is 67.8 cm³/mol. The first-order chi connectivity index (χ1) is 8.43. The van der Waals surface area contributed by atoms with Crippen LogP contribution in [0.2, 0.25) is 0 Å². The standard InChI is InChI=1S/C13H13NO3S.Na/c1-13(11(14)15,12(16)17)7-9-6-8-4-2-3-5-10(8)18-9;/h2-6H,7H2,1H3,(H2,14,15)(H,16,17);/q;+1/p-1. The topological polar surface area (TPSA) is 83.2 Å². The molecule has 0 saturated heterocycles. The van der Waals surface area contributed by atoms with Gasteiger partial charge in [-0.2, -0.15) is 0 Å². The van der Waals surface area contributed by atoms with Crippen LogP contribution in [0.5, 0.6) is 0 Å². The molecule has 0 fully saturated rings. The van der Waals surface area contributed by atoms with Crippen molar-refractivity contribution in [2.75, 3.05) is 0 Å². The summed E-state index contributed by atoms with van der Waals surface area (Å²) >= 11 is 1.46. The van der Waals surface area contributed by atoms with Crippen molar-refractivity contribution in [3.8, 4) is 0 Å². The van der Waals surface area contributed by atoms with Crippen molar-refractivity contribution in [3.63, 3.8) is 0 Å². The number of carbonyl (C=O) groups excluding carboxylic acids is 2. The fourth-order valence-corrected chi connectivity index (χ4v) is 2.95. The maximum absolute atomic E-state index is 11.3. The van der Waals surface area contributed by atoms with Crippen molar-refractivity contribution < 1.29 is 44.3 Å². The molecule has 2 aromatic rings. The molecule has 6 heteroatoms. The van der Waals surface area contributed by atoms with Crippen molar-refractivity contribution >= 4 is 33.3 Å². The zero-order valence-corrected chi connectivity index (χ0v) is 13.6. The third-order valence-corrected chi connectivity index (χ3v) is 4.11. The average molecular weight is 285 g/mol. The van der Waals surface area contributed by atoms with Gasteiger partial charge in [0.1, 0.15) is 0 Å². The molecule has 1 aromatic heterocycles. The fraction of sp³-hybridized carbons (Fsp3) is 0.231. The van der Waals surface area contributed by atoms with Gasteiger partial charge in [0.15, 0.2) is 0 Å². The van der Waals surface area contributed by atoms with Crippen LogP contribution in [-0.4, -0.2) is 11.9 Å². The molecule has 2 N–H and O–H groups in total. The van der Waals surface area contributed by atoms with Crippen LogP contribution in [0, 0.1) is 5.41 Å². The van der Waals surface area contributed by atoms with Gasteiger partial charge in [-0.15, -0.1) is 11.3 Å². The summed E-state index contributed by atoms with van der Waals surface area (Å²) in [6.07, 6.45) is 0.0595. The van der Waals surface area contributed by atoms with E-state index in [0.717, 1.165) is 15.0 Å². The number of amides is 1. The molecular weight excluding hydrogens is 273 g/mol. The number of fused-ring (bicyclic) bond motifs is 1. The van der Waals surface area contributed by atoms with Gasteiger partial charge in [-0.25, -0.2) is 0 Å². The first kappa shape index (κ1) is 16.2. The minimum absolute atomic E-state index is 0. The van der Waals surface area contributed by atoms with E-state index in [-0.39, 0.29) is 36.0 Å². The van der Waals surface area contributed by atoms with Crippen molar-refractivity contribution in [2.24, 2.45) is 11.1 Å². The van der Waals surface area contributed by atoms with Gasteiger partial charge in [0.05, 0.1) is 11.4 Å². The Bertz CT molecular complexity index is 576. The molecule has 0 aliphatic carbocycles. The molecule has 19 heavy (non-hydrogen) atoms. The van der Waals surface area contributed by atoms with Gasteiger partial charge in [0, 0.05) is 16.0 Å². The maximum atomic E-state index is 11.3. The van der Waals surface area contributed by atoms with Crippen LogP contribution in [0.15, 0.2) is 30.3 Å². The second-order valence-electron chi connectivity index (χ2n) is 4.41. The minimum atomic E-state index is -1.67. The molecule has 0 radical (unpaired) electrons. The molecular formula is C13H12NNaO3S. The van der Waals surface area contributed by atoms with Crippen molar-refractivity contribution in [3.05, 3.63) is 35.2 Å². The minimum Gasteiger partial charge on any atom is -0.549 e. The molecule has 0 saturated carbocycles. The van der Waals surface area contributed by atoms with Crippen LogP contribution in [0.25, 0.3) is 10.1 Å². The molecule has 1 amide bonds. The van der Waals surface area contributed by atoms with E-state index < -0.39 is 17.3 Å². The van der Waals surface area contributed by atoms with E-state index in [1.165, 1.54) is 18.3 Å². The molecule has 0 spiro atoms. The van der Waals surface area contributed by atoms with Gasteiger partial charge < -0.3 is 15.6 Å². The molecule has 1 aromatic carbocycles. The summed E-state index contributed by atoms with van der Waals surface area (Å²) in [6.45, 7) is 1.30. The molecule has 94 valence electrons. The Morgan fingerprint density at radius 2 is 2.00 bits per heavy atom. The largest absolute Gasteiger partial charge is 1.00 e. The number of benzene rings is 1. The second-order valence-corrected chi connectivity index (χ2v) is 5.58. The quantitative estimate of drug-likeness (QED) is 0.506. The van der Waals surface area contributed by atoms with E-state index in [4.69, 9.17) is 5.73 Å². The smallest absolute Gasteiger partial charge is 0.549 e. The first-order valence-corrected chi connectivity index (χ1v) is 6.24. The molecule has 1 heterocycles. The monoisotopic (exact) mass is 285 g/mol. The van der Waals surface area contributed by atoms with Crippen LogP contribution in [0.1, 0.15) is 11.8 Å². The van der Waals surface area contributed by atoms with Crippen LogP contribution in [-0.2, 0) is 16.0 Å². The van der Waals surface area contributed by atoms with E-state index >= 15 is 0 Å². The number of primary amides is 1. The maximum Gasteiger partial charge on any atom is 1.00 e. The third-order valence-electron chi connectivity index (χ3n) is 3.00. The van der Waals surface area contributed by atoms with E-state index in [9.17, 15) is 14.7 Å². The Balaban J connectivity index is 0.00000180. The number of carboxylic acids is 1. The molecule has 2 rings (SSSR count). The number of hydrogen-bond acceptors (Lipinski definition) is 4. The van der Waals surface area contributed by atoms with E-state index in [1.807, 2.05) is 30.3 Å². The van der Waals surface area contributed by atoms with Crippen molar-refractivity contribution in [1.82, 2.24) is 0 Å². The second kappa shape index (κ2) is 6.05. The Kier molecular flexibility index (Phi) is 5.15. The molecule has 4 nitrogen and oxygen atoms in total. The summed E-state index contributed by atoms with van der Waals surface area (Å²) in [4.78, 5) is 23.2. The van der Waals surface area contributed by atoms with Crippen molar-refractivity contribution in [1.29, 1.82) is 0 Å². The van der Waals surface area contributed by atoms with Gasteiger partial charge in [-0.3, -0.25) is 4.79 Å². The Hall–Kier alpha value is -0.880. The summed E-state index contributed by atoms with van der Waals surface area (Å²) < 4.78 is 1.05. The van der Waals surface area contributed by atoms with E-state index in [1.54, 1.807) is 0 Å². The number of carboxylic acid groups (broad SMARTS) is 1. The van der Waals surface area contributed by atoms with Crippen LogP contribution in [0.4, 0.5) is 0 Å². The zero-order valence-electron chi connectivity index (χ0n) is 10.8. The van der Waals surface area contributed by atoms with Crippen LogP contribution < -0.4 is 40.4 Å². The summed E-state index contributed by atoms with van der Waals surface area (Å²) in [7, 11) is 0. The number of aliphatic carboxylic acids is 1. The number of nitrogens with two attached hydrogens (primary N) is 1. The third kappa shape index (κ3) is 3.17. The number of rotatable bonds is 4. The SMILES string of the molecule is CC(Cc1cc2ccccc2s1)(C(N)=O)C(=O)[O-].[Na+]. The van der Waals surface area contributed by atoms with Crippen molar-refractivity contribution in [2.45, 2.75) is 13.3 Å². The van der Waals surface area contributed by atoms with Crippen LogP contribution >= 0.6 is 11.3 Å².